The molecule has 0 spiro atoms. The summed E-state index contributed by atoms with van der Waals surface area (Å²) in [5.74, 6) is 0.175. The van der Waals surface area contributed by atoms with E-state index >= 15 is 0 Å². The molecule has 0 aliphatic carbocycles. The van der Waals surface area contributed by atoms with E-state index in [4.69, 9.17) is 4.74 Å². The molecule has 1 atom stereocenters. The van der Waals surface area contributed by atoms with Crippen LogP contribution in [0.1, 0.15) is 18.4 Å². The standard InChI is InChI=1S/C15H17NO2/c17-15(14-11-18-14)16-8-6-13(7-9-16)10-12-4-2-1-3-5-12/h1-5,10,14H,6-9,11H2. The highest BCUT2D eigenvalue weighted by molar-refractivity contribution is 5.83. The van der Waals surface area contributed by atoms with Gasteiger partial charge >= 0.3 is 0 Å². The molecule has 1 unspecified atom stereocenters. The Labute approximate surface area is 107 Å². The zero-order valence-electron chi connectivity index (χ0n) is 10.3. The van der Waals surface area contributed by atoms with E-state index < -0.39 is 0 Å². The van der Waals surface area contributed by atoms with E-state index in [0.29, 0.717) is 6.61 Å². The summed E-state index contributed by atoms with van der Waals surface area (Å²) in [7, 11) is 0. The number of nitrogens with zero attached hydrogens (tertiary/aromatic N) is 1. The molecular formula is C15H17NO2. The maximum atomic E-state index is 11.8. The van der Waals surface area contributed by atoms with Gasteiger partial charge < -0.3 is 9.64 Å². The van der Waals surface area contributed by atoms with Gasteiger partial charge in [0.05, 0.1) is 6.61 Å². The Bertz CT molecular complexity index is 453. The van der Waals surface area contributed by atoms with Gasteiger partial charge in [0, 0.05) is 13.1 Å². The van der Waals surface area contributed by atoms with Crippen LogP contribution in [0.5, 0.6) is 0 Å². The molecule has 0 bridgehead atoms. The molecule has 2 aliphatic rings. The summed E-state index contributed by atoms with van der Waals surface area (Å²) in [5.41, 5.74) is 2.68. The van der Waals surface area contributed by atoms with Crippen LogP contribution < -0.4 is 0 Å². The van der Waals surface area contributed by atoms with Crippen LogP contribution in [0, 0.1) is 0 Å². The zero-order valence-corrected chi connectivity index (χ0v) is 10.3. The average molecular weight is 243 g/mol. The molecule has 0 radical (unpaired) electrons. The average Bonchev–Trinajstić information content (AvgIpc) is 3.24. The smallest absolute Gasteiger partial charge is 0.254 e. The third-order valence-corrected chi connectivity index (χ3v) is 3.50. The normalized spacial score (nSPS) is 22.8. The van der Waals surface area contributed by atoms with Crippen LogP contribution >= 0.6 is 0 Å². The number of carbonyl (C=O) groups is 1. The Morgan fingerprint density at radius 2 is 1.89 bits per heavy atom. The molecule has 3 nitrogen and oxygen atoms in total. The van der Waals surface area contributed by atoms with Gasteiger partial charge in [-0.05, 0) is 18.4 Å². The molecule has 3 heteroatoms. The predicted molar refractivity (Wildman–Crippen MR) is 70.0 cm³/mol. The first-order valence-corrected chi connectivity index (χ1v) is 6.48. The monoisotopic (exact) mass is 243 g/mol. The van der Waals surface area contributed by atoms with Crippen molar-refractivity contribution >= 4 is 12.0 Å². The van der Waals surface area contributed by atoms with E-state index in [1.165, 1.54) is 11.1 Å². The van der Waals surface area contributed by atoms with Crippen molar-refractivity contribution in [3.63, 3.8) is 0 Å². The van der Waals surface area contributed by atoms with Gasteiger partial charge in [0.25, 0.3) is 5.91 Å². The van der Waals surface area contributed by atoms with Crippen molar-refractivity contribution < 1.29 is 9.53 Å². The van der Waals surface area contributed by atoms with E-state index in [9.17, 15) is 4.79 Å². The topological polar surface area (TPSA) is 32.8 Å². The van der Waals surface area contributed by atoms with Gasteiger partial charge in [-0.15, -0.1) is 0 Å². The molecule has 2 fully saturated rings. The Balaban J connectivity index is 1.59. The Morgan fingerprint density at radius 3 is 2.50 bits per heavy atom. The molecule has 1 aromatic rings. The molecular weight excluding hydrogens is 226 g/mol. The molecule has 94 valence electrons. The third-order valence-electron chi connectivity index (χ3n) is 3.50. The number of piperidine rings is 1. The number of carbonyl (C=O) groups excluding carboxylic acids is 1. The number of ether oxygens (including phenoxy) is 1. The van der Waals surface area contributed by atoms with E-state index in [0.717, 1.165) is 25.9 Å². The summed E-state index contributed by atoms with van der Waals surface area (Å²) >= 11 is 0. The fourth-order valence-corrected chi connectivity index (χ4v) is 2.34. The van der Waals surface area contributed by atoms with E-state index in [1.54, 1.807) is 0 Å². The molecule has 0 aromatic heterocycles. The van der Waals surface area contributed by atoms with Crippen LogP contribution in [0.25, 0.3) is 6.08 Å². The lowest BCUT2D eigenvalue weighted by molar-refractivity contribution is -0.132. The van der Waals surface area contributed by atoms with Gasteiger partial charge in [-0.3, -0.25) is 4.79 Å². The van der Waals surface area contributed by atoms with Gasteiger partial charge in [0.1, 0.15) is 0 Å². The van der Waals surface area contributed by atoms with Crippen molar-refractivity contribution in [1.82, 2.24) is 4.90 Å². The maximum absolute atomic E-state index is 11.8. The van der Waals surface area contributed by atoms with E-state index in [-0.39, 0.29) is 12.0 Å². The SMILES string of the molecule is O=C(C1CO1)N1CCC(=Cc2ccccc2)CC1. The van der Waals surface area contributed by atoms with E-state index in [2.05, 4.69) is 30.3 Å². The van der Waals surface area contributed by atoms with E-state index in [1.807, 2.05) is 11.0 Å². The summed E-state index contributed by atoms with van der Waals surface area (Å²) in [6, 6.07) is 10.4. The minimum absolute atomic E-state index is 0.135. The minimum Gasteiger partial charge on any atom is -0.363 e. The lowest BCUT2D eigenvalue weighted by atomic mass is 10.0. The van der Waals surface area contributed by atoms with Crippen molar-refractivity contribution in [2.75, 3.05) is 19.7 Å². The lowest BCUT2D eigenvalue weighted by Crippen LogP contribution is -2.39. The van der Waals surface area contributed by atoms with Gasteiger partial charge in [0.15, 0.2) is 6.10 Å². The third kappa shape index (κ3) is 2.62. The molecule has 0 saturated carbocycles. The molecule has 2 aliphatic heterocycles. The first-order chi connectivity index (χ1) is 8.83. The van der Waals surface area contributed by atoms with Crippen molar-refractivity contribution in [1.29, 1.82) is 0 Å². The van der Waals surface area contributed by atoms with Crippen molar-refractivity contribution in [3.05, 3.63) is 41.5 Å². The first-order valence-electron chi connectivity index (χ1n) is 6.48. The molecule has 0 N–H and O–H groups in total. The van der Waals surface area contributed by atoms with Crippen molar-refractivity contribution in [2.45, 2.75) is 18.9 Å². The van der Waals surface area contributed by atoms with Crippen molar-refractivity contribution in [3.8, 4) is 0 Å². The summed E-state index contributed by atoms with van der Waals surface area (Å²) in [5, 5.41) is 0. The number of rotatable bonds is 2. The highest BCUT2D eigenvalue weighted by Gasteiger charge is 2.35. The summed E-state index contributed by atoms with van der Waals surface area (Å²) in [6.07, 6.45) is 4.07. The molecule has 1 amide bonds. The first kappa shape index (κ1) is 11.5. The van der Waals surface area contributed by atoms with Crippen LogP contribution in [0.4, 0.5) is 0 Å². The second kappa shape index (κ2) is 4.94. The van der Waals surface area contributed by atoms with Crippen LogP contribution in [0.15, 0.2) is 35.9 Å². The van der Waals surface area contributed by atoms with Gasteiger partial charge in [-0.25, -0.2) is 0 Å². The Hall–Kier alpha value is -1.61. The summed E-state index contributed by atoms with van der Waals surface area (Å²) in [4.78, 5) is 13.7. The highest BCUT2D eigenvalue weighted by Crippen LogP contribution is 2.22. The molecule has 18 heavy (non-hydrogen) atoms. The molecule has 3 rings (SSSR count). The zero-order chi connectivity index (χ0) is 12.4. The molecule has 2 heterocycles. The number of likely N-dealkylation sites (tertiary alicyclic amines) is 1. The Morgan fingerprint density at radius 1 is 1.22 bits per heavy atom. The fourth-order valence-electron chi connectivity index (χ4n) is 2.34. The maximum Gasteiger partial charge on any atom is 0.254 e. The molecule has 1 aromatic carbocycles. The van der Waals surface area contributed by atoms with Crippen LogP contribution in [0.2, 0.25) is 0 Å². The van der Waals surface area contributed by atoms with Crippen LogP contribution in [0.3, 0.4) is 0 Å². The summed E-state index contributed by atoms with van der Waals surface area (Å²) < 4.78 is 5.04. The number of epoxide rings is 1. The van der Waals surface area contributed by atoms with Crippen LogP contribution in [-0.4, -0.2) is 36.6 Å². The quantitative estimate of drug-likeness (QED) is 0.745. The summed E-state index contributed by atoms with van der Waals surface area (Å²) in [6.45, 7) is 2.27. The largest absolute Gasteiger partial charge is 0.363 e. The van der Waals surface area contributed by atoms with Crippen LogP contribution in [-0.2, 0) is 9.53 Å². The number of benzene rings is 1. The van der Waals surface area contributed by atoms with Crippen molar-refractivity contribution in [2.24, 2.45) is 0 Å². The molecule has 2 saturated heterocycles. The van der Waals surface area contributed by atoms with Gasteiger partial charge in [-0.2, -0.15) is 0 Å². The second-order valence-corrected chi connectivity index (χ2v) is 4.86. The lowest BCUT2D eigenvalue weighted by Gasteiger charge is -2.28. The fraction of sp³-hybridized carbons (Fsp3) is 0.400. The highest BCUT2D eigenvalue weighted by atomic mass is 16.6. The number of hydrogen-bond donors (Lipinski definition) is 0. The number of hydrogen-bond acceptors (Lipinski definition) is 2. The Kier molecular flexibility index (Phi) is 3.15. The van der Waals surface area contributed by atoms with Gasteiger partial charge in [0.2, 0.25) is 0 Å². The van der Waals surface area contributed by atoms with Gasteiger partial charge in [-0.1, -0.05) is 42.0 Å². The predicted octanol–water partition coefficient (Wildman–Crippen LogP) is 2.09. The second-order valence-electron chi connectivity index (χ2n) is 4.86. The number of amides is 1. The minimum atomic E-state index is -0.135.